The molecule has 0 bridgehead atoms. The Hall–Kier alpha value is -7.42. The smallest absolute Gasteiger partial charge is 0.0641 e. The van der Waals surface area contributed by atoms with Crippen LogP contribution in [0.5, 0.6) is 0 Å². The third kappa shape index (κ3) is 5.00. The van der Waals surface area contributed by atoms with E-state index in [0.29, 0.717) is 0 Å². The fraction of sp³-hybridized carbons (Fsp3) is 0.0526. The minimum Gasteiger partial charge on any atom is -0.310 e. The molecule has 0 radical (unpaired) electrons. The number of rotatable bonds is 6. The van der Waals surface area contributed by atoms with E-state index in [1.54, 1.807) is 0 Å². The lowest BCUT2D eigenvalue weighted by Gasteiger charge is -2.28. The van der Waals surface area contributed by atoms with Crippen molar-refractivity contribution < 1.29 is 0 Å². The van der Waals surface area contributed by atoms with E-state index in [9.17, 15) is 0 Å². The number of hydrogen-bond donors (Lipinski definition) is 0. The fourth-order valence-electron chi connectivity index (χ4n) is 10.2. The number of hydrogen-bond acceptors (Lipinski definition) is 1. The first-order chi connectivity index (χ1) is 29.0. The Morgan fingerprint density at radius 2 is 0.966 bits per heavy atom. The predicted molar refractivity (Wildman–Crippen MR) is 250 cm³/mol. The Kier molecular flexibility index (Phi) is 7.31. The molecule has 2 nitrogen and oxygen atoms in total. The number of benzene rings is 9. The Labute approximate surface area is 344 Å². The van der Waals surface area contributed by atoms with Gasteiger partial charge in [-0.05, 0) is 104 Å². The van der Waals surface area contributed by atoms with Gasteiger partial charge < -0.3 is 9.30 Å². The molecular weight excluding hydrogens is 713 g/mol. The van der Waals surface area contributed by atoms with Gasteiger partial charge in [0.2, 0.25) is 0 Å². The summed E-state index contributed by atoms with van der Waals surface area (Å²) >= 11 is 0. The number of nitrogens with zero attached hydrogens (tertiary/aromatic N) is 2. The molecule has 0 amide bonds. The molecule has 278 valence electrons. The molecule has 1 aliphatic rings. The van der Waals surface area contributed by atoms with Crippen molar-refractivity contribution in [1.82, 2.24) is 4.40 Å². The van der Waals surface area contributed by atoms with Gasteiger partial charge in [0.05, 0.1) is 22.2 Å². The Balaban J connectivity index is 1.13. The molecule has 59 heavy (non-hydrogen) atoms. The van der Waals surface area contributed by atoms with Crippen LogP contribution < -0.4 is 4.90 Å². The van der Waals surface area contributed by atoms with Crippen LogP contribution in [0.2, 0.25) is 0 Å². The minimum absolute atomic E-state index is 0.0566. The van der Waals surface area contributed by atoms with Crippen molar-refractivity contribution in [2.75, 3.05) is 4.90 Å². The van der Waals surface area contributed by atoms with Gasteiger partial charge in [-0.3, -0.25) is 0 Å². The Bertz CT molecular complexity index is 3330. The zero-order valence-corrected chi connectivity index (χ0v) is 33.0. The normalized spacial score (nSPS) is 13.1. The predicted octanol–water partition coefficient (Wildman–Crippen LogP) is 15.6. The van der Waals surface area contributed by atoms with Gasteiger partial charge in [0.25, 0.3) is 0 Å². The summed E-state index contributed by atoms with van der Waals surface area (Å²) in [6, 6.07) is 76.1. The van der Waals surface area contributed by atoms with Crippen LogP contribution in [0.15, 0.2) is 206 Å². The first kappa shape index (κ1) is 33.7. The lowest BCUT2D eigenvalue weighted by molar-refractivity contribution is 0.660. The average molecular weight is 753 g/mol. The molecule has 1 aliphatic carbocycles. The summed E-state index contributed by atoms with van der Waals surface area (Å²) in [4.78, 5) is 2.50. The van der Waals surface area contributed by atoms with Gasteiger partial charge >= 0.3 is 0 Å². The van der Waals surface area contributed by atoms with Crippen LogP contribution in [-0.4, -0.2) is 4.40 Å². The zero-order valence-electron chi connectivity index (χ0n) is 33.0. The van der Waals surface area contributed by atoms with Crippen molar-refractivity contribution in [3.05, 3.63) is 217 Å². The van der Waals surface area contributed by atoms with Crippen LogP contribution in [0.1, 0.15) is 25.0 Å². The van der Waals surface area contributed by atoms with Crippen LogP contribution in [0.3, 0.4) is 0 Å². The molecular formula is C57H40N2. The van der Waals surface area contributed by atoms with E-state index in [0.717, 1.165) is 17.1 Å². The maximum atomic E-state index is 2.50. The van der Waals surface area contributed by atoms with Crippen molar-refractivity contribution in [3.63, 3.8) is 0 Å². The van der Waals surface area contributed by atoms with Crippen LogP contribution in [0.4, 0.5) is 17.1 Å². The summed E-state index contributed by atoms with van der Waals surface area (Å²) in [6.07, 6.45) is 0. The third-order valence-electron chi connectivity index (χ3n) is 12.9. The highest BCUT2D eigenvalue weighted by atomic mass is 15.1. The van der Waals surface area contributed by atoms with Crippen molar-refractivity contribution in [1.29, 1.82) is 0 Å². The summed E-state index contributed by atoms with van der Waals surface area (Å²) in [5.74, 6) is 0. The fourth-order valence-corrected chi connectivity index (χ4v) is 10.2. The van der Waals surface area contributed by atoms with Gasteiger partial charge in [-0.1, -0.05) is 172 Å². The highest BCUT2D eigenvalue weighted by molar-refractivity contribution is 6.27. The van der Waals surface area contributed by atoms with Gasteiger partial charge in [-0.2, -0.15) is 0 Å². The van der Waals surface area contributed by atoms with E-state index >= 15 is 0 Å². The zero-order chi connectivity index (χ0) is 39.2. The number of anilines is 3. The molecule has 12 rings (SSSR count). The van der Waals surface area contributed by atoms with E-state index in [2.05, 4.69) is 229 Å². The molecule has 2 heterocycles. The Morgan fingerprint density at radius 1 is 0.390 bits per heavy atom. The van der Waals surface area contributed by atoms with Gasteiger partial charge in [0.15, 0.2) is 0 Å². The minimum atomic E-state index is -0.0566. The molecule has 0 saturated carbocycles. The molecule has 0 fully saturated rings. The highest BCUT2D eigenvalue weighted by Crippen LogP contribution is 2.53. The van der Waals surface area contributed by atoms with E-state index in [4.69, 9.17) is 0 Å². The third-order valence-corrected chi connectivity index (χ3v) is 12.9. The summed E-state index contributed by atoms with van der Waals surface area (Å²) in [5.41, 5.74) is 19.7. The van der Waals surface area contributed by atoms with E-state index < -0.39 is 0 Å². The summed E-state index contributed by atoms with van der Waals surface area (Å²) in [7, 11) is 0. The van der Waals surface area contributed by atoms with Crippen LogP contribution in [0, 0.1) is 0 Å². The lowest BCUT2D eigenvalue weighted by atomic mass is 9.82. The molecule has 0 aliphatic heterocycles. The largest absolute Gasteiger partial charge is 0.310 e. The second-order valence-electron chi connectivity index (χ2n) is 16.5. The molecule has 0 unspecified atom stereocenters. The van der Waals surface area contributed by atoms with E-state index in [1.165, 1.54) is 93.7 Å². The highest BCUT2D eigenvalue weighted by Gasteiger charge is 2.36. The average Bonchev–Trinajstić information content (AvgIpc) is 3.90. The molecule has 0 saturated heterocycles. The van der Waals surface area contributed by atoms with E-state index in [-0.39, 0.29) is 5.41 Å². The van der Waals surface area contributed by atoms with E-state index in [1.807, 2.05) is 0 Å². The topological polar surface area (TPSA) is 7.65 Å². The standard InChI is InChI=1S/C57H40N2/c1-57(2)49-24-12-9-21-47(49)54-44(23-15-25-50(54)57)39-28-30-42(31-29-39)58(43-35-40(37-16-5-3-6-17-37)34-41(36-43)38-18-7-4-8-19-38)53-33-32-46-45-20-10-13-26-51(45)59-52-27-14-11-22-48(52)55(53)56(46)59/h3-36H,1-2H3. The quantitative estimate of drug-likeness (QED) is 0.164. The van der Waals surface area contributed by atoms with Gasteiger partial charge in [-0.15, -0.1) is 0 Å². The molecule has 0 N–H and O–H groups in total. The molecule has 2 aromatic heterocycles. The summed E-state index contributed by atoms with van der Waals surface area (Å²) in [5, 5.41) is 5.05. The second-order valence-corrected chi connectivity index (χ2v) is 16.5. The van der Waals surface area contributed by atoms with Crippen molar-refractivity contribution in [2.45, 2.75) is 19.3 Å². The first-order valence-corrected chi connectivity index (χ1v) is 20.6. The lowest BCUT2D eigenvalue weighted by Crippen LogP contribution is -2.14. The molecule has 0 spiro atoms. The monoisotopic (exact) mass is 752 g/mol. The molecule has 9 aromatic carbocycles. The SMILES string of the molecule is CC1(C)c2ccccc2-c2c(-c3ccc(N(c4cc(-c5ccccc5)cc(-c5ccccc5)c4)c4ccc5c6ccccc6n6c7ccccc7c4c56)cc3)cccc21. The van der Waals surface area contributed by atoms with Crippen molar-refractivity contribution >= 4 is 55.2 Å². The molecule has 0 atom stereocenters. The summed E-state index contributed by atoms with van der Waals surface area (Å²) < 4.78 is 2.48. The van der Waals surface area contributed by atoms with Gasteiger partial charge in [-0.25, -0.2) is 0 Å². The molecule has 2 heteroatoms. The van der Waals surface area contributed by atoms with Crippen LogP contribution in [0.25, 0.3) is 82.6 Å². The maximum Gasteiger partial charge on any atom is 0.0641 e. The first-order valence-electron chi connectivity index (χ1n) is 20.6. The number of para-hydroxylation sites is 2. The molecule has 11 aromatic rings. The van der Waals surface area contributed by atoms with Gasteiger partial charge in [0.1, 0.15) is 0 Å². The van der Waals surface area contributed by atoms with Crippen LogP contribution in [-0.2, 0) is 5.41 Å². The second kappa shape index (κ2) is 12.8. The van der Waals surface area contributed by atoms with Gasteiger partial charge in [0, 0.05) is 38.3 Å². The van der Waals surface area contributed by atoms with Crippen molar-refractivity contribution in [3.8, 4) is 44.5 Å². The maximum absolute atomic E-state index is 2.50. The van der Waals surface area contributed by atoms with Crippen LogP contribution >= 0.6 is 0 Å². The van der Waals surface area contributed by atoms with Crippen molar-refractivity contribution in [2.24, 2.45) is 0 Å². The summed E-state index contributed by atoms with van der Waals surface area (Å²) in [6.45, 7) is 4.71. The number of fused-ring (bicyclic) bond motifs is 9. The Morgan fingerprint density at radius 3 is 1.68 bits per heavy atom. The number of aromatic nitrogens is 1.